The number of allylic oxidation sites excluding steroid dienone is 2. The van der Waals surface area contributed by atoms with Crippen molar-refractivity contribution in [3.05, 3.63) is 46.0 Å². The highest BCUT2D eigenvalue weighted by Gasteiger charge is 2.32. The zero-order chi connectivity index (χ0) is 19.5. The second-order valence-corrected chi connectivity index (χ2v) is 8.43. The van der Waals surface area contributed by atoms with Gasteiger partial charge in [-0.3, -0.25) is 0 Å². The fourth-order valence-corrected chi connectivity index (χ4v) is 4.34. The lowest BCUT2D eigenvalue weighted by Gasteiger charge is -2.35. The molecule has 0 spiro atoms. The summed E-state index contributed by atoms with van der Waals surface area (Å²) in [4.78, 5) is 0. The highest BCUT2D eigenvalue weighted by Crippen LogP contribution is 2.40. The van der Waals surface area contributed by atoms with E-state index in [9.17, 15) is 15.3 Å². The zero-order valence-corrected chi connectivity index (χ0v) is 16.9. The van der Waals surface area contributed by atoms with Crippen LogP contribution in [0.1, 0.15) is 51.5 Å². The maximum atomic E-state index is 10.3. The Labute approximate surface area is 166 Å². The van der Waals surface area contributed by atoms with Crippen LogP contribution in [0.5, 0.6) is 11.5 Å². The summed E-state index contributed by atoms with van der Waals surface area (Å²) in [7, 11) is 0. The Kier molecular flexibility index (Phi) is 7.06. The maximum Gasteiger partial charge on any atom is 0.138 e. The molecule has 1 unspecified atom stereocenters. The normalized spacial score (nSPS) is 25.4. The average molecular weight is 399 g/mol. The predicted octanol–water partition coefficient (Wildman–Crippen LogP) is 6.03. The van der Waals surface area contributed by atoms with Crippen LogP contribution >= 0.6 is 23.2 Å². The van der Waals surface area contributed by atoms with Crippen LogP contribution < -0.4 is 0 Å². The van der Waals surface area contributed by atoms with Gasteiger partial charge in [0.05, 0.1) is 15.6 Å². The van der Waals surface area contributed by atoms with E-state index in [0.717, 1.165) is 43.7 Å². The lowest BCUT2D eigenvalue weighted by molar-refractivity contribution is 0.0637. The van der Waals surface area contributed by atoms with E-state index in [1.807, 2.05) is 19.9 Å². The predicted molar refractivity (Wildman–Crippen MR) is 108 cm³/mol. The Hall–Kier alpha value is -1.16. The molecule has 3 N–H and O–H groups in total. The second kappa shape index (κ2) is 8.69. The molecule has 0 aromatic heterocycles. The Balaban J connectivity index is 1.88. The van der Waals surface area contributed by atoms with Gasteiger partial charge in [0, 0.05) is 12.0 Å². The monoisotopic (exact) mass is 398 g/mol. The number of aliphatic hydroxyl groups is 1. The summed E-state index contributed by atoms with van der Waals surface area (Å²) in [6, 6.07) is 1.16. The molecule has 3 nitrogen and oxygen atoms in total. The zero-order valence-electron chi connectivity index (χ0n) is 15.4. The van der Waals surface area contributed by atoms with Gasteiger partial charge in [0.15, 0.2) is 0 Å². The molecule has 1 aliphatic carbocycles. The standard InChI is InChI=1S/C21H28Cl2O3/c1-13(2)15-9-10-21(3,26)12-14(15)7-5-4-6-8-16-19(22)17(24)11-18(25)20(16)23/h9-11,14-15,24-26H,1,4-8,12H2,2-3H3/t14?,15-,21-/m1/s1. The van der Waals surface area contributed by atoms with Crippen molar-refractivity contribution in [2.45, 2.75) is 58.0 Å². The largest absolute Gasteiger partial charge is 0.506 e. The number of rotatable bonds is 7. The molecule has 144 valence electrons. The molecule has 1 aromatic carbocycles. The third kappa shape index (κ3) is 5.18. The number of unbranched alkanes of at least 4 members (excludes halogenated alkanes) is 2. The molecule has 1 aromatic rings. The van der Waals surface area contributed by atoms with Gasteiger partial charge in [-0.05, 0) is 51.0 Å². The summed E-state index contributed by atoms with van der Waals surface area (Å²) in [6.07, 6.45) is 9.22. The first-order valence-corrected chi connectivity index (χ1v) is 9.84. The molecule has 5 heteroatoms. The van der Waals surface area contributed by atoms with E-state index < -0.39 is 5.60 Å². The van der Waals surface area contributed by atoms with E-state index in [4.69, 9.17) is 23.2 Å². The molecule has 0 bridgehead atoms. The number of benzene rings is 1. The minimum atomic E-state index is -0.739. The highest BCUT2D eigenvalue weighted by atomic mass is 35.5. The van der Waals surface area contributed by atoms with Crippen molar-refractivity contribution in [2.75, 3.05) is 0 Å². The Morgan fingerprint density at radius 2 is 1.81 bits per heavy atom. The van der Waals surface area contributed by atoms with Gasteiger partial charge in [-0.15, -0.1) is 0 Å². The number of aromatic hydroxyl groups is 2. The topological polar surface area (TPSA) is 60.7 Å². The summed E-state index contributed by atoms with van der Waals surface area (Å²) in [6.45, 7) is 7.98. The summed E-state index contributed by atoms with van der Waals surface area (Å²) in [5, 5.41) is 30.2. The number of hydrogen-bond donors (Lipinski definition) is 3. The second-order valence-electron chi connectivity index (χ2n) is 7.67. The van der Waals surface area contributed by atoms with Crippen molar-refractivity contribution in [3.63, 3.8) is 0 Å². The van der Waals surface area contributed by atoms with E-state index >= 15 is 0 Å². The average Bonchev–Trinajstić information content (AvgIpc) is 2.54. The lowest BCUT2D eigenvalue weighted by Crippen LogP contribution is -2.32. The molecule has 0 saturated heterocycles. The molecule has 2 rings (SSSR count). The molecule has 0 aliphatic heterocycles. The van der Waals surface area contributed by atoms with E-state index in [-0.39, 0.29) is 21.5 Å². The molecule has 0 heterocycles. The summed E-state index contributed by atoms with van der Waals surface area (Å²) >= 11 is 12.2. The summed E-state index contributed by atoms with van der Waals surface area (Å²) in [5.41, 5.74) is 0.987. The van der Waals surface area contributed by atoms with Gasteiger partial charge < -0.3 is 15.3 Å². The highest BCUT2D eigenvalue weighted by molar-refractivity contribution is 6.37. The van der Waals surface area contributed by atoms with Crippen LogP contribution in [0.4, 0.5) is 0 Å². The van der Waals surface area contributed by atoms with Crippen LogP contribution in [0, 0.1) is 11.8 Å². The third-order valence-corrected chi connectivity index (χ3v) is 6.01. The smallest absolute Gasteiger partial charge is 0.138 e. The van der Waals surface area contributed by atoms with E-state index in [0.29, 0.717) is 23.8 Å². The van der Waals surface area contributed by atoms with Crippen molar-refractivity contribution in [3.8, 4) is 11.5 Å². The maximum absolute atomic E-state index is 10.3. The van der Waals surface area contributed by atoms with Crippen LogP contribution in [0.25, 0.3) is 0 Å². The van der Waals surface area contributed by atoms with Crippen molar-refractivity contribution in [1.82, 2.24) is 0 Å². The Morgan fingerprint density at radius 1 is 1.19 bits per heavy atom. The van der Waals surface area contributed by atoms with Crippen LogP contribution in [0.15, 0.2) is 30.4 Å². The summed E-state index contributed by atoms with van der Waals surface area (Å²) in [5.74, 6) is 0.416. The van der Waals surface area contributed by atoms with Gasteiger partial charge in [-0.1, -0.05) is 60.3 Å². The van der Waals surface area contributed by atoms with Crippen molar-refractivity contribution in [1.29, 1.82) is 0 Å². The fraction of sp³-hybridized carbons (Fsp3) is 0.524. The molecule has 0 saturated carbocycles. The van der Waals surface area contributed by atoms with Gasteiger partial charge in [0.2, 0.25) is 0 Å². The first kappa shape index (κ1) is 21.1. The molecule has 0 fully saturated rings. The van der Waals surface area contributed by atoms with Gasteiger partial charge in [0.1, 0.15) is 11.5 Å². The number of halogens is 2. The minimum Gasteiger partial charge on any atom is -0.506 e. The van der Waals surface area contributed by atoms with Gasteiger partial charge in [-0.2, -0.15) is 0 Å². The van der Waals surface area contributed by atoms with Crippen molar-refractivity contribution in [2.24, 2.45) is 11.8 Å². The van der Waals surface area contributed by atoms with E-state index in [1.165, 1.54) is 0 Å². The number of hydrogen-bond acceptors (Lipinski definition) is 3. The summed E-state index contributed by atoms with van der Waals surface area (Å²) < 4.78 is 0. The molecule has 1 aliphatic rings. The minimum absolute atomic E-state index is 0.149. The van der Waals surface area contributed by atoms with Gasteiger partial charge >= 0.3 is 0 Å². The Bertz CT molecular complexity index is 669. The lowest BCUT2D eigenvalue weighted by atomic mass is 9.73. The molecule has 0 radical (unpaired) electrons. The number of phenolic OH excluding ortho intramolecular Hbond substituents is 2. The first-order valence-electron chi connectivity index (χ1n) is 9.08. The van der Waals surface area contributed by atoms with Crippen LogP contribution in [0.3, 0.4) is 0 Å². The molecular weight excluding hydrogens is 371 g/mol. The first-order chi connectivity index (χ1) is 12.1. The molecular formula is C21H28Cl2O3. The van der Waals surface area contributed by atoms with Crippen molar-refractivity contribution >= 4 is 23.2 Å². The van der Waals surface area contributed by atoms with Crippen LogP contribution in [0.2, 0.25) is 10.0 Å². The van der Waals surface area contributed by atoms with Gasteiger partial charge in [-0.25, -0.2) is 0 Å². The molecule has 0 amide bonds. The number of phenols is 2. The molecule has 3 atom stereocenters. The SMILES string of the molecule is C=C(C)[C@H]1C=C[C@@](C)(O)CC1CCCCCc1c(Cl)c(O)cc(O)c1Cl. The van der Waals surface area contributed by atoms with E-state index in [2.05, 4.69) is 12.7 Å². The third-order valence-electron chi connectivity index (χ3n) is 5.17. The van der Waals surface area contributed by atoms with Crippen LogP contribution in [-0.4, -0.2) is 20.9 Å². The quantitative estimate of drug-likeness (QED) is 0.388. The van der Waals surface area contributed by atoms with E-state index in [1.54, 1.807) is 0 Å². The fourth-order valence-electron chi connectivity index (χ4n) is 3.81. The van der Waals surface area contributed by atoms with Crippen LogP contribution in [-0.2, 0) is 6.42 Å². The van der Waals surface area contributed by atoms with Gasteiger partial charge in [0.25, 0.3) is 0 Å². The van der Waals surface area contributed by atoms with Crippen molar-refractivity contribution < 1.29 is 15.3 Å². The Morgan fingerprint density at radius 3 is 2.38 bits per heavy atom. The molecule has 26 heavy (non-hydrogen) atoms.